The first-order chi connectivity index (χ1) is 13.0. The second kappa shape index (κ2) is 5.71. The van der Waals surface area contributed by atoms with Crippen LogP contribution in [-0.4, -0.2) is 18.8 Å². The summed E-state index contributed by atoms with van der Waals surface area (Å²) in [5, 5.41) is 39.0. The maximum absolute atomic E-state index is 10.2. The first kappa shape index (κ1) is 17.3. The summed E-state index contributed by atoms with van der Waals surface area (Å²) in [5.41, 5.74) is -2.97. The predicted octanol–water partition coefficient (Wildman–Crippen LogP) is 3.20. The number of hydrogen-bond donors (Lipinski definition) is 1. The monoisotopic (exact) mass is 362 g/mol. The molecule has 1 saturated carbocycles. The first-order valence-electron chi connectivity index (χ1n) is 8.87. The fraction of sp³-hybridized carbons (Fsp3) is 0.500. The zero-order chi connectivity index (χ0) is 19.3. The highest BCUT2D eigenvalue weighted by atomic mass is 16.7. The smallest absolute Gasteiger partial charge is 0.218 e. The lowest BCUT2D eigenvalue weighted by Gasteiger charge is -2.63. The van der Waals surface area contributed by atoms with Gasteiger partial charge in [-0.05, 0) is 30.5 Å². The Kier molecular flexibility index (Phi) is 3.67. The lowest BCUT2D eigenvalue weighted by molar-refractivity contribution is -0.360. The molecule has 7 heteroatoms. The van der Waals surface area contributed by atoms with E-state index in [1.807, 2.05) is 0 Å². The molecule has 1 aromatic rings. The van der Waals surface area contributed by atoms with E-state index >= 15 is 0 Å². The van der Waals surface area contributed by atoms with Crippen LogP contribution in [0.15, 0.2) is 24.3 Å². The van der Waals surface area contributed by atoms with Gasteiger partial charge < -0.3 is 14.2 Å². The molecule has 4 fully saturated rings. The zero-order valence-corrected chi connectivity index (χ0v) is 14.9. The summed E-state index contributed by atoms with van der Waals surface area (Å²) in [6.07, 6.45) is 1.69. The number of methoxy groups -OCH3 is 1. The third kappa shape index (κ3) is 1.89. The van der Waals surface area contributed by atoms with Crippen LogP contribution in [0.2, 0.25) is 0 Å². The van der Waals surface area contributed by atoms with Crippen LogP contribution < -0.4 is 4.74 Å². The van der Waals surface area contributed by atoms with Crippen LogP contribution in [0.25, 0.3) is 0 Å². The van der Waals surface area contributed by atoms with E-state index in [-0.39, 0.29) is 5.90 Å². The summed E-state index contributed by atoms with van der Waals surface area (Å²) in [5.74, 6) is -1.60. The van der Waals surface area contributed by atoms with Crippen molar-refractivity contribution in [1.29, 1.82) is 21.2 Å². The molecule has 3 aliphatic heterocycles. The number of nitrogens with one attached hydrogen (secondary N) is 1. The summed E-state index contributed by atoms with van der Waals surface area (Å²) in [6, 6.07) is 13.3. The molecule has 3 heterocycles. The Morgan fingerprint density at radius 3 is 2.63 bits per heavy atom. The van der Waals surface area contributed by atoms with Crippen LogP contribution in [0.1, 0.15) is 37.4 Å². The van der Waals surface area contributed by atoms with Crippen LogP contribution in [0.4, 0.5) is 0 Å². The highest BCUT2D eigenvalue weighted by Gasteiger charge is 2.80. The highest BCUT2D eigenvalue weighted by molar-refractivity contribution is 5.89. The number of nitrogens with zero attached hydrogens (tertiary/aromatic N) is 3. The zero-order valence-electron chi connectivity index (χ0n) is 14.9. The Labute approximate surface area is 157 Å². The molecule has 4 aliphatic rings. The first-order valence-corrected chi connectivity index (χ1v) is 8.87. The van der Waals surface area contributed by atoms with E-state index in [4.69, 9.17) is 19.6 Å². The fourth-order valence-corrected chi connectivity index (χ4v) is 4.95. The molecule has 1 aliphatic carbocycles. The van der Waals surface area contributed by atoms with Gasteiger partial charge in [0.1, 0.15) is 11.9 Å². The lowest BCUT2D eigenvalue weighted by atomic mass is 9.48. The molecule has 0 amide bonds. The van der Waals surface area contributed by atoms with Crippen molar-refractivity contribution in [2.24, 2.45) is 16.7 Å². The van der Waals surface area contributed by atoms with E-state index in [1.165, 1.54) is 7.11 Å². The summed E-state index contributed by atoms with van der Waals surface area (Å²) >= 11 is 0. The van der Waals surface area contributed by atoms with Crippen molar-refractivity contribution in [3.8, 4) is 24.0 Å². The third-order valence-corrected chi connectivity index (χ3v) is 6.21. The Morgan fingerprint density at radius 1 is 1.19 bits per heavy atom. The summed E-state index contributed by atoms with van der Waals surface area (Å²) in [7, 11) is 1.53. The maximum Gasteiger partial charge on any atom is 0.218 e. The van der Waals surface area contributed by atoms with Crippen LogP contribution in [0, 0.1) is 56.2 Å². The van der Waals surface area contributed by atoms with Crippen LogP contribution >= 0.6 is 0 Å². The SMILES string of the molecule is COc1cccc([C@@H]2O[C@]34CCCC[C@@H]3C(C#N)(C#N)[C@@]2(C#N)C(=N)O4)c1. The molecule has 27 heavy (non-hydrogen) atoms. The van der Waals surface area contributed by atoms with E-state index in [2.05, 4.69) is 18.2 Å². The second-order valence-electron chi connectivity index (χ2n) is 7.27. The normalized spacial score (nSPS) is 35.7. The molecular weight excluding hydrogens is 344 g/mol. The summed E-state index contributed by atoms with van der Waals surface area (Å²) in [6.45, 7) is 0. The average Bonchev–Trinajstić information content (AvgIpc) is 2.72. The highest BCUT2D eigenvalue weighted by Crippen LogP contribution is 2.69. The van der Waals surface area contributed by atoms with Crippen LogP contribution in [0.5, 0.6) is 5.75 Å². The van der Waals surface area contributed by atoms with Gasteiger partial charge in [-0.25, -0.2) is 0 Å². The minimum absolute atomic E-state index is 0.356. The molecule has 1 spiro atoms. The van der Waals surface area contributed by atoms with Crippen molar-refractivity contribution in [2.75, 3.05) is 7.11 Å². The van der Waals surface area contributed by atoms with Crippen molar-refractivity contribution in [3.05, 3.63) is 29.8 Å². The van der Waals surface area contributed by atoms with Crippen molar-refractivity contribution >= 4 is 5.90 Å². The number of hydrogen-bond acceptors (Lipinski definition) is 7. The van der Waals surface area contributed by atoms with Gasteiger partial charge in [-0.15, -0.1) is 0 Å². The van der Waals surface area contributed by atoms with E-state index in [1.54, 1.807) is 24.3 Å². The van der Waals surface area contributed by atoms with Gasteiger partial charge in [0.2, 0.25) is 11.7 Å². The van der Waals surface area contributed by atoms with Crippen LogP contribution in [-0.2, 0) is 9.47 Å². The molecule has 3 saturated heterocycles. The number of fused-ring (bicyclic) bond motifs is 2. The van der Waals surface area contributed by atoms with Crippen molar-refractivity contribution < 1.29 is 14.2 Å². The lowest BCUT2D eigenvalue weighted by Crippen LogP contribution is -2.73. The molecule has 1 aromatic carbocycles. The molecule has 5 rings (SSSR count). The fourth-order valence-electron chi connectivity index (χ4n) is 4.95. The van der Waals surface area contributed by atoms with Gasteiger partial charge in [-0.2, -0.15) is 15.8 Å². The van der Waals surface area contributed by atoms with Gasteiger partial charge in [0.05, 0.1) is 31.2 Å². The average molecular weight is 362 g/mol. The van der Waals surface area contributed by atoms with E-state index in [0.29, 0.717) is 24.2 Å². The molecule has 0 aromatic heterocycles. The molecule has 0 radical (unpaired) electrons. The van der Waals surface area contributed by atoms with Crippen molar-refractivity contribution in [3.63, 3.8) is 0 Å². The Hall–Kier alpha value is -3.08. The largest absolute Gasteiger partial charge is 0.497 e. The Morgan fingerprint density at radius 2 is 1.96 bits per heavy atom. The van der Waals surface area contributed by atoms with Gasteiger partial charge in [-0.1, -0.05) is 18.6 Å². The molecule has 136 valence electrons. The van der Waals surface area contributed by atoms with Crippen molar-refractivity contribution in [1.82, 2.24) is 0 Å². The number of ether oxygens (including phenoxy) is 3. The van der Waals surface area contributed by atoms with Crippen LogP contribution in [0.3, 0.4) is 0 Å². The molecule has 2 bridgehead atoms. The van der Waals surface area contributed by atoms with Gasteiger partial charge in [0.25, 0.3) is 0 Å². The number of rotatable bonds is 2. The number of benzene rings is 1. The minimum Gasteiger partial charge on any atom is -0.497 e. The molecule has 4 atom stereocenters. The Bertz CT molecular complexity index is 926. The van der Waals surface area contributed by atoms with E-state index in [0.717, 1.165) is 12.8 Å². The van der Waals surface area contributed by atoms with Gasteiger partial charge in [0.15, 0.2) is 10.8 Å². The molecular formula is C20H18N4O3. The third-order valence-electron chi connectivity index (χ3n) is 6.21. The molecule has 7 nitrogen and oxygen atoms in total. The van der Waals surface area contributed by atoms with E-state index in [9.17, 15) is 15.8 Å². The van der Waals surface area contributed by atoms with Gasteiger partial charge in [-0.3, -0.25) is 5.41 Å². The predicted molar refractivity (Wildman–Crippen MR) is 92.0 cm³/mol. The quantitative estimate of drug-likeness (QED) is 0.861. The van der Waals surface area contributed by atoms with E-state index < -0.39 is 28.6 Å². The minimum atomic E-state index is -1.84. The summed E-state index contributed by atoms with van der Waals surface area (Å²) < 4.78 is 17.5. The Balaban J connectivity index is 2.00. The second-order valence-corrected chi connectivity index (χ2v) is 7.27. The summed E-state index contributed by atoms with van der Waals surface area (Å²) in [4.78, 5) is 0. The van der Waals surface area contributed by atoms with Gasteiger partial charge in [0, 0.05) is 6.42 Å². The number of nitriles is 3. The maximum atomic E-state index is 10.2. The molecule has 0 unspecified atom stereocenters. The van der Waals surface area contributed by atoms with Crippen molar-refractivity contribution in [2.45, 2.75) is 37.6 Å². The standard InChI is InChI=1S/C20H18N4O3/c1-25-14-6-4-5-13(9-14)16-19(12-23)17(24)27-20(26-16)8-3-2-7-15(20)18(19,10-21)11-22/h4-6,9,15-16,24H,2-3,7-8H2,1H3/t15-,16+,19-,20+/m1/s1. The van der Waals surface area contributed by atoms with Gasteiger partial charge >= 0.3 is 0 Å². The molecule has 1 N–H and O–H groups in total. The topological polar surface area (TPSA) is 123 Å².